The van der Waals surface area contributed by atoms with Crippen LogP contribution in [0.2, 0.25) is 0 Å². The van der Waals surface area contributed by atoms with Crippen LogP contribution in [-0.2, 0) is 16.4 Å². The van der Waals surface area contributed by atoms with Gasteiger partial charge in [0.25, 0.3) is 0 Å². The van der Waals surface area contributed by atoms with Crippen LogP contribution in [0.5, 0.6) is 0 Å². The minimum Gasteiger partial charge on any atom is -0.348 e. The van der Waals surface area contributed by atoms with Crippen LogP contribution in [-0.4, -0.2) is 39.2 Å². The number of hydrogen-bond donors (Lipinski definition) is 2. The molecule has 0 saturated carbocycles. The molecule has 1 aromatic carbocycles. The molecule has 0 saturated heterocycles. The van der Waals surface area contributed by atoms with Gasteiger partial charge in [-0.05, 0) is 47.8 Å². The van der Waals surface area contributed by atoms with Crippen LogP contribution in [0.25, 0.3) is 16.9 Å². The van der Waals surface area contributed by atoms with Gasteiger partial charge in [0.05, 0.1) is 22.8 Å². The summed E-state index contributed by atoms with van der Waals surface area (Å²) in [5, 5.41) is 10.5. The number of fused-ring (bicyclic) bond motifs is 1. The predicted molar refractivity (Wildman–Crippen MR) is 129 cm³/mol. The van der Waals surface area contributed by atoms with Gasteiger partial charge in [0.15, 0.2) is 26.8 Å². The van der Waals surface area contributed by atoms with Crippen molar-refractivity contribution in [3.05, 3.63) is 77.5 Å². The largest absolute Gasteiger partial charge is 0.348 e. The van der Waals surface area contributed by atoms with Crippen LogP contribution in [0.1, 0.15) is 5.69 Å². The fourth-order valence-corrected chi connectivity index (χ4v) is 4.50. The lowest BCUT2D eigenvalue weighted by Crippen LogP contribution is -2.08. The molecule has 4 aromatic heterocycles. The molecule has 2 N–H and O–H groups in total. The molecule has 0 spiro atoms. The van der Waals surface area contributed by atoms with Crippen molar-refractivity contribution in [1.82, 2.24) is 24.5 Å². The van der Waals surface area contributed by atoms with Crippen LogP contribution < -0.4 is 10.6 Å². The molecule has 0 aliphatic heterocycles. The van der Waals surface area contributed by atoms with Crippen molar-refractivity contribution in [1.29, 1.82) is 0 Å². The maximum absolute atomic E-state index is 11.8. The van der Waals surface area contributed by atoms with Crippen molar-refractivity contribution in [3.63, 3.8) is 0 Å². The van der Waals surface area contributed by atoms with Crippen LogP contribution in [0.15, 0.2) is 76.7 Å². The second-order valence-electron chi connectivity index (χ2n) is 7.26. The summed E-state index contributed by atoms with van der Waals surface area (Å²) >= 11 is 1.59. The van der Waals surface area contributed by atoms with Gasteiger partial charge >= 0.3 is 0 Å². The molecule has 0 aliphatic carbocycles. The number of nitrogens with one attached hydrogen (secondary N) is 2. The Labute approximate surface area is 194 Å². The molecule has 0 bridgehead atoms. The van der Waals surface area contributed by atoms with Crippen molar-refractivity contribution < 1.29 is 8.42 Å². The Balaban J connectivity index is 1.53. The fraction of sp³-hybridized carbons (Fsp3) is 0.0909. The van der Waals surface area contributed by atoms with Crippen molar-refractivity contribution in [2.45, 2.75) is 11.4 Å². The van der Waals surface area contributed by atoms with Crippen molar-refractivity contribution in [2.75, 3.05) is 16.9 Å². The highest BCUT2D eigenvalue weighted by molar-refractivity contribution is 7.90. The minimum absolute atomic E-state index is 0.250. The van der Waals surface area contributed by atoms with E-state index in [1.807, 2.05) is 39.6 Å². The van der Waals surface area contributed by atoms with E-state index in [0.29, 0.717) is 35.2 Å². The number of rotatable bonds is 7. The lowest BCUT2D eigenvalue weighted by Gasteiger charge is -2.11. The van der Waals surface area contributed by atoms with E-state index in [1.165, 1.54) is 6.26 Å². The van der Waals surface area contributed by atoms with Crippen LogP contribution in [0, 0.1) is 0 Å². The van der Waals surface area contributed by atoms with Gasteiger partial charge in [-0.25, -0.2) is 13.4 Å². The number of nitrogens with zero attached hydrogens (tertiary/aromatic N) is 5. The number of thiophene rings is 1. The summed E-state index contributed by atoms with van der Waals surface area (Å²) in [6.45, 7) is 0.460. The molecular formula is C22H19N7O2S2. The summed E-state index contributed by atoms with van der Waals surface area (Å²) in [5.74, 6) is 0.921. The van der Waals surface area contributed by atoms with Gasteiger partial charge in [-0.3, -0.25) is 9.55 Å². The third-order valence-electron chi connectivity index (χ3n) is 4.88. The maximum Gasteiger partial charge on any atom is 0.227 e. The van der Waals surface area contributed by atoms with E-state index in [9.17, 15) is 8.42 Å². The Morgan fingerprint density at radius 3 is 2.58 bits per heavy atom. The molecule has 9 nitrogen and oxygen atoms in total. The van der Waals surface area contributed by atoms with Crippen LogP contribution in [0.3, 0.4) is 0 Å². The summed E-state index contributed by atoms with van der Waals surface area (Å²) in [7, 11) is -3.27. The SMILES string of the molecule is CS(=O)(=O)c1ccc(Nc2nc(NCc3ccccn3)nc3c2ncn3-c2ccsc2)cc1. The first-order valence-corrected chi connectivity index (χ1v) is 12.8. The molecule has 0 aliphatic rings. The lowest BCUT2D eigenvalue weighted by molar-refractivity contribution is 0.602. The van der Waals surface area contributed by atoms with Crippen LogP contribution >= 0.6 is 11.3 Å². The first-order valence-electron chi connectivity index (χ1n) is 9.96. The summed E-state index contributed by atoms with van der Waals surface area (Å²) < 4.78 is 25.4. The zero-order valence-corrected chi connectivity index (χ0v) is 19.1. The normalized spacial score (nSPS) is 11.5. The van der Waals surface area contributed by atoms with Gasteiger partial charge < -0.3 is 10.6 Å². The Hall–Kier alpha value is -3.83. The molecular weight excluding hydrogens is 458 g/mol. The number of hydrogen-bond acceptors (Lipinski definition) is 9. The second kappa shape index (κ2) is 8.60. The summed E-state index contributed by atoms with van der Waals surface area (Å²) in [6, 6.07) is 14.2. The number of aromatic nitrogens is 5. The standard InChI is InChI=1S/C22H19N7O2S2/c1-33(30,31)18-7-5-15(6-8-18)26-20-19-21(29(14-25-19)17-9-11-32-13-17)28-22(27-20)24-12-16-4-2-3-10-23-16/h2-11,13-14H,12H2,1H3,(H2,24,26,27,28). The lowest BCUT2D eigenvalue weighted by atomic mass is 10.3. The zero-order chi connectivity index (χ0) is 22.8. The maximum atomic E-state index is 11.8. The molecule has 11 heteroatoms. The van der Waals surface area contributed by atoms with Crippen molar-refractivity contribution in [3.8, 4) is 5.69 Å². The molecule has 5 rings (SSSR count). The third-order valence-corrected chi connectivity index (χ3v) is 6.68. The molecule has 0 amide bonds. The predicted octanol–water partition coefficient (Wildman–Crippen LogP) is 4.03. The Bertz CT molecular complexity index is 1500. The quantitative estimate of drug-likeness (QED) is 0.361. The second-order valence-corrected chi connectivity index (χ2v) is 10.1. The molecule has 0 atom stereocenters. The van der Waals surface area contributed by atoms with Gasteiger partial charge in [-0.1, -0.05) is 6.07 Å². The number of benzene rings is 1. The molecule has 5 aromatic rings. The minimum atomic E-state index is -3.27. The van der Waals surface area contributed by atoms with Gasteiger partial charge in [0.1, 0.15) is 6.33 Å². The smallest absolute Gasteiger partial charge is 0.227 e. The van der Waals surface area contributed by atoms with E-state index in [1.54, 1.807) is 48.1 Å². The molecule has 0 fully saturated rings. The number of anilines is 3. The summed E-state index contributed by atoms with van der Waals surface area (Å²) in [6.07, 6.45) is 4.63. The highest BCUT2D eigenvalue weighted by atomic mass is 32.2. The van der Waals surface area contributed by atoms with Crippen molar-refractivity contribution >= 4 is 49.8 Å². The fourth-order valence-electron chi connectivity index (χ4n) is 3.24. The monoisotopic (exact) mass is 477 g/mol. The number of pyridine rings is 1. The Kier molecular flexibility index (Phi) is 5.48. The van der Waals surface area contributed by atoms with E-state index in [2.05, 4.69) is 25.6 Å². The Morgan fingerprint density at radius 1 is 1.03 bits per heavy atom. The molecule has 4 heterocycles. The summed E-state index contributed by atoms with van der Waals surface area (Å²) in [4.78, 5) is 18.4. The average Bonchev–Trinajstić information content (AvgIpc) is 3.48. The van der Waals surface area contributed by atoms with Gasteiger partial charge in [0.2, 0.25) is 5.95 Å². The van der Waals surface area contributed by atoms with E-state index in [0.717, 1.165) is 11.4 Å². The molecule has 33 heavy (non-hydrogen) atoms. The first-order chi connectivity index (χ1) is 16.0. The van der Waals surface area contributed by atoms with Gasteiger partial charge in [-0.15, -0.1) is 0 Å². The number of sulfone groups is 1. The highest BCUT2D eigenvalue weighted by Crippen LogP contribution is 2.27. The van der Waals surface area contributed by atoms with E-state index in [-0.39, 0.29) is 4.90 Å². The zero-order valence-electron chi connectivity index (χ0n) is 17.5. The van der Waals surface area contributed by atoms with E-state index < -0.39 is 9.84 Å². The summed E-state index contributed by atoms with van der Waals surface area (Å²) in [5.41, 5.74) is 3.74. The third kappa shape index (κ3) is 4.54. The molecule has 0 unspecified atom stereocenters. The van der Waals surface area contributed by atoms with Crippen molar-refractivity contribution in [2.24, 2.45) is 0 Å². The topological polar surface area (TPSA) is 115 Å². The van der Waals surface area contributed by atoms with Gasteiger partial charge in [-0.2, -0.15) is 21.3 Å². The van der Waals surface area contributed by atoms with E-state index in [4.69, 9.17) is 4.98 Å². The average molecular weight is 478 g/mol. The number of imidazole rings is 1. The molecule has 166 valence electrons. The molecule has 0 radical (unpaired) electrons. The van der Waals surface area contributed by atoms with Crippen LogP contribution in [0.4, 0.5) is 17.5 Å². The highest BCUT2D eigenvalue weighted by Gasteiger charge is 2.16. The first kappa shape index (κ1) is 21.0. The Morgan fingerprint density at radius 2 is 1.88 bits per heavy atom. The van der Waals surface area contributed by atoms with Gasteiger partial charge in [0, 0.05) is 23.5 Å². The van der Waals surface area contributed by atoms with E-state index >= 15 is 0 Å².